The van der Waals surface area contributed by atoms with E-state index >= 15 is 13.2 Å². The van der Waals surface area contributed by atoms with E-state index in [9.17, 15) is 14.4 Å². The van der Waals surface area contributed by atoms with E-state index in [0.717, 1.165) is 12.1 Å². The lowest BCUT2D eigenvalue weighted by Gasteiger charge is -2.28. The van der Waals surface area contributed by atoms with Crippen LogP contribution in [0.3, 0.4) is 0 Å². The van der Waals surface area contributed by atoms with E-state index in [1.807, 2.05) is 0 Å². The smallest absolute Gasteiger partial charge is 0.276 e. The van der Waals surface area contributed by atoms with E-state index in [1.165, 1.54) is 74.8 Å². The minimum atomic E-state index is -1.03. The monoisotopic (exact) mass is 807 g/mol. The standard InChI is InChI=1S/C39H29ClF3N11O4/c1-51-19-22(18-46-51)48-34-32-38(56)45-8-10-54(32)36(50-34)30-27(42)15-20(16-28(30)43)24-17-21(5-6-23(24)39(57)52-11-13-58-14-12-52)47-33-31-37(55)44-7-9-53(31)35(49-33)29-25(40)3-2-4-26(29)41/h2-10,15-19,47-48H,11-14H2,1H3,(H,44,55)(H,45,56). The third-order valence-electron chi connectivity index (χ3n) is 9.67. The van der Waals surface area contributed by atoms with Crippen LogP contribution >= 0.6 is 11.6 Å². The van der Waals surface area contributed by atoms with Crippen molar-refractivity contribution < 1.29 is 22.7 Å². The van der Waals surface area contributed by atoms with Gasteiger partial charge in [-0.3, -0.25) is 27.9 Å². The van der Waals surface area contributed by atoms with Gasteiger partial charge in [-0.25, -0.2) is 23.1 Å². The number of carbonyl (C=O) groups excluding carboxylic acids is 1. The molecule has 1 aliphatic rings. The second kappa shape index (κ2) is 14.4. The van der Waals surface area contributed by atoms with Gasteiger partial charge in [0, 0.05) is 62.4 Å². The van der Waals surface area contributed by atoms with Gasteiger partial charge in [-0.2, -0.15) is 5.10 Å². The largest absolute Gasteiger partial charge is 0.378 e. The van der Waals surface area contributed by atoms with Crippen LogP contribution in [0.1, 0.15) is 10.4 Å². The Bertz CT molecular complexity index is 3010. The number of aromatic nitrogens is 8. The molecule has 1 amide bonds. The number of benzene rings is 3. The third kappa shape index (κ3) is 6.33. The molecule has 9 rings (SSSR count). The minimum absolute atomic E-state index is 0.00204. The normalized spacial score (nSPS) is 13.1. The molecule has 1 aliphatic heterocycles. The Morgan fingerprint density at radius 3 is 2.03 bits per heavy atom. The Kier molecular flexibility index (Phi) is 9.05. The molecule has 3 aromatic carbocycles. The van der Waals surface area contributed by atoms with Gasteiger partial charge in [-0.05, 0) is 53.6 Å². The molecule has 0 saturated carbocycles. The Balaban J connectivity index is 1.17. The zero-order valence-electron chi connectivity index (χ0n) is 30.2. The summed E-state index contributed by atoms with van der Waals surface area (Å²) in [6.45, 7) is 1.22. The number of hydrogen-bond acceptors (Lipinski definition) is 9. The molecule has 5 aromatic heterocycles. The average Bonchev–Trinajstić information content (AvgIpc) is 3.90. The molecule has 0 bridgehead atoms. The fourth-order valence-electron chi connectivity index (χ4n) is 7.03. The molecular formula is C39H29ClF3N11O4. The van der Waals surface area contributed by atoms with Crippen molar-refractivity contribution in [2.75, 3.05) is 36.9 Å². The van der Waals surface area contributed by atoms with Gasteiger partial charge in [0.2, 0.25) is 0 Å². The van der Waals surface area contributed by atoms with Crippen molar-refractivity contribution in [3.05, 3.63) is 134 Å². The van der Waals surface area contributed by atoms with Crippen LogP contribution in [0.15, 0.2) is 95.3 Å². The van der Waals surface area contributed by atoms with E-state index in [0.29, 0.717) is 32.0 Å². The second-order valence-corrected chi connectivity index (χ2v) is 13.7. The lowest BCUT2D eigenvalue weighted by atomic mass is 9.96. The Labute approximate surface area is 329 Å². The molecule has 1 fully saturated rings. The number of hydrogen-bond donors (Lipinski definition) is 4. The quantitative estimate of drug-likeness (QED) is 0.141. The average molecular weight is 808 g/mol. The number of fused-ring (bicyclic) bond motifs is 2. The van der Waals surface area contributed by atoms with Crippen LogP contribution < -0.4 is 21.8 Å². The van der Waals surface area contributed by atoms with Crippen molar-refractivity contribution in [3.63, 3.8) is 0 Å². The molecule has 0 unspecified atom stereocenters. The maximum absolute atomic E-state index is 16.5. The topological polar surface area (TPSA) is 172 Å². The number of amides is 1. The molecule has 8 aromatic rings. The predicted octanol–water partition coefficient (Wildman–Crippen LogP) is 6.12. The van der Waals surface area contributed by atoms with Crippen LogP contribution in [0, 0.1) is 17.5 Å². The van der Waals surface area contributed by atoms with E-state index in [-0.39, 0.29) is 67.3 Å². The van der Waals surface area contributed by atoms with Crippen molar-refractivity contribution in [1.82, 2.24) is 43.4 Å². The highest BCUT2D eigenvalue weighted by Gasteiger charge is 2.27. The molecule has 0 radical (unpaired) electrons. The van der Waals surface area contributed by atoms with Gasteiger partial charge in [-0.15, -0.1) is 0 Å². The number of anilines is 4. The van der Waals surface area contributed by atoms with Crippen molar-refractivity contribution in [3.8, 4) is 33.9 Å². The van der Waals surface area contributed by atoms with E-state index in [2.05, 4.69) is 35.7 Å². The van der Waals surface area contributed by atoms with E-state index in [1.54, 1.807) is 24.2 Å². The van der Waals surface area contributed by atoms with Crippen molar-refractivity contribution in [2.45, 2.75) is 0 Å². The number of nitrogens with zero attached hydrogens (tertiary/aromatic N) is 7. The van der Waals surface area contributed by atoms with E-state index in [4.69, 9.17) is 16.3 Å². The van der Waals surface area contributed by atoms with Crippen molar-refractivity contribution >= 4 is 51.6 Å². The maximum Gasteiger partial charge on any atom is 0.276 e. The number of halogens is 4. The number of ether oxygens (including phenoxy) is 1. The number of H-pyrrole nitrogens is 2. The SMILES string of the molecule is Cn1cc(Nc2nc(-c3c(F)cc(-c4cc(Nc5nc(-c6c(F)cccc6Cl)n6cc[nH]c(=O)c56)ccc4C(=O)N4CCOCC4)cc3F)n3cc[nH]c(=O)c23)cn1. The van der Waals surface area contributed by atoms with Crippen LogP contribution in [0.5, 0.6) is 0 Å². The molecule has 0 spiro atoms. The second-order valence-electron chi connectivity index (χ2n) is 13.3. The summed E-state index contributed by atoms with van der Waals surface area (Å²) in [5, 5.41) is 10.2. The van der Waals surface area contributed by atoms with Crippen LogP contribution in [0.2, 0.25) is 5.02 Å². The highest BCUT2D eigenvalue weighted by molar-refractivity contribution is 6.33. The van der Waals surface area contributed by atoms with Crippen LogP contribution in [-0.2, 0) is 11.8 Å². The first-order valence-corrected chi connectivity index (χ1v) is 18.1. The molecule has 6 heterocycles. The molecule has 0 aliphatic carbocycles. The van der Waals surface area contributed by atoms with Crippen LogP contribution in [-0.4, -0.2) is 75.6 Å². The molecule has 0 atom stereocenters. The third-order valence-corrected chi connectivity index (χ3v) is 9.99. The highest BCUT2D eigenvalue weighted by atomic mass is 35.5. The van der Waals surface area contributed by atoms with E-state index < -0.39 is 40.0 Å². The molecule has 58 heavy (non-hydrogen) atoms. The summed E-state index contributed by atoms with van der Waals surface area (Å²) in [6.07, 6.45) is 8.75. The summed E-state index contributed by atoms with van der Waals surface area (Å²) < 4.78 is 57.7. The number of imidazole rings is 2. The van der Waals surface area contributed by atoms with Crippen molar-refractivity contribution in [1.29, 1.82) is 0 Å². The summed E-state index contributed by atoms with van der Waals surface area (Å²) in [4.78, 5) is 55.9. The Morgan fingerprint density at radius 2 is 1.43 bits per heavy atom. The van der Waals surface area contributed by atoms with Crippen molar-refractivity contribution in [2.24, 2.45) is 7.05 Å². The fourth-order valence-corrected chi connectivity index (χ4v) is 7.27. The summed E-state index contributed by atoms with van der Waals surface area (Å²) in [5.74, 6) is -3.24. The Morgan fingerprint density at radius 1 is 0.810 bits per heavy atom. The van der Waals surface area contributed by atoms with Gasteiger partial charge in [0.25, 0.3) is 17.0 Å². The first-order chi connectivity index (χ1) is 28.0. The predicted molar refractivity (Wildman–Crippen MR) is 209 cm³/mol. The van der Waals surface area contributed by atoms with Gasteiger partial charge >= 0.3 is 0 Å². The molecule has 15 nitrogen and oxygen atoms in total. The Hall–Kier alpha value is -7.18. The summed E-state index contributed by atoms with van der Waals surface area (Å²) in [6, 6.07) is 10.9. The minimum Gasteiger partial charge on any atom is -0.378 e. The summed E-state index contributed by atoms with van der Waals surface area (Å²) >= 11 is 6.39. The zero-order valence-corrected chi connectivity index (χ0v) is 30.9. The number of nitrogens with one attached hydrogen (secondary N) is 4. The van der Waals surface area contributed by atoms with Gasteiger partial charge in [0.05, 0.1) is 41.2 Å². The number of aryl methyl sites for hydroxylation is 1. The number of aromatic amines is 2. The first-order valence-electron chi connectivity index (χ1n) is 17.7. The summed E-state index contributed by atoms with van der Waals surface area (Å²) in [7, 11) is 1.70. The number of rotatable bonds is 8. The molecule has 4 N–H and O–H groups in total. The first kappa shape index (κ1) is 36.5. The van der Waals surface area contributed by atoms with Gasteiger partial charge in [-0.1, -0.05) is 17.7 Å². The fraction of sp³-hybridized carbons (Fsp3) is 0.128. The zero-order chi connectivity index (χ0) is 40.2. The van der Waals surface area contributed by atoms with Gasteiger partial charge < -0.3 is 30.2 Å². The lowest BCUT2D eigenvalue weighted by molar-refractivity contribution is 0.0303. The number of morpholine rings is 1. The van der Waals surface area contributed by atoms with Crippen LogP contribution in [0.25, 0.3) is 44.9 Å². The number of carbonyl (C=O) groups is 1. The van der Waals surface area contributed by atoms with Crippen LogP contribution in [0.4, 0.5) is 36.2 Å². The molecule has 19 heteroatoms. The summed E-state index contributed by atoms with van der Waals surface area (Å²) in [5.41, 5.74) is -0.609. The molecule has 1 saturated heterocycles. The maximum atomic E-state index is 16.5. The van der Waals surface area contributed by atoms with Gasteiger partial charge in [0.1, 0.15) is 17.5 Å². The highest BCUT2D eigenvalue weighted by Crippen LogP contribution is 2.37. The van der Waals surface area contributed by atoms with Gasteiger partial charge in [0.15, 0.2) is 34.3 Å². The molecular weight excluding hydrogens is 779 g/mol. The lowest BCUT2D eigenvalue weighted by Crippen LogP contribution is -2.40. The molecule has 292 valence electrons.